The molecule has 0 atom stereocenters. The molecule has 178 valence electrons. The Morgan fingerprint density at radius 1 is 0.600 bits per heavy atom. The van der Waals surface area contributed by atoms with Crippen LogP contribution in [0, 0.1) is 17.7 Å². The van der Waals surface area contributed by atoms with E-state index in [1.807, 2.05) is 30.3 Å². The van der Waals surface area contributed by atoms with Gasteiger partial charge in [0.15, 0.2) is 0 Å². The lowest BCUT2D eigenvalue weighted by Crippen LogP contribution is -1.93. The van der Waals surface area contributed by atoms with Gasteiger partial charge in [-0.1, -0.05) is 106 Å². The average molecular weight is 463 g/mol. The van der Waals surface area contributed by atoms with Crippen molar-refractivity contribution in [2.24, 2.45) is 0 Å². The van der Waals surface area contributed by atoms with Gasteiger partial charge in [-0.2, -0.15) is 0 Å². The molecule has 0 fully saturated rings. The maximum absolute atomic E-state index is 15.0. The second kappa shape index (κ2) is 12.4. The van der Waals surface area contributed by atoms with Gasteiger partial charge < -0.3 is 0 Å². The zero-order valence-corrected chi connectivity index (χ0v) is 21.0. The molecule has 0 spiro atoms. The van der Waals surface area contributed by atoms with E-state index in [0.717, 1.165) is 47.8 Å². The molecule has 1 heteroatoms. The quantitative estimate of drug-likeness (QED) is 0.172. The van der Waals surface area contributed by atoms with E-state index in [1.165, 1.54) is 42.4 Å². The fraction of sp³-hybridized carbons (Fsp3) is 0.294. The summed E-state index contributed by atoms with van der Waals surface area (Å²) in [5.74, 6) is 6.43. The highest BCUT2D eigenvalue weighted by atomic mass is 19.1. The van der Waals surface area contributed by atoms with Crippen LogP contribution >= 0.6 is 0 Å². The van der Waals surface area contributed by atoms with E-state index in [0.29, 0.717) is 5.39 Å². The number of unbranched alkanes of at least 4 members (excludes halogenated alkanes) is 4. The summed E-state index contributed by atoms with van der Waals surface area (Å²) in [6.45, 7) is 4.42. The van der Waals surface area contributed by atoms with Crippen LogP contribution in [-0.2, 0) is 12.8 Å². The summed E-state index contributed by atoms with van der Waals surface area (Å²) in [5.41, 5.74) is 6.52. The number of hydrogen-bond acceptors (Lipinski definition) is 0. The SMILES string of the molecule is CCCCCCc1ccc2cc(C#Cc3ccc(-c4ccc(CCCC)cc4)cc3)ccc2c1F. The predicted molar refractivity (Wildman–Crippen MR) is 148 cm³/mol. The lowest BCUT2D eigenvalue weighted by atomic mass is 9.99. The molecule has 0 amide bonds. The van der Waals surface area contributed by atoms with Crippen LogP contribution in [0.5, 0.6) is 0 Å². The molecule has 4 aromatic rings. The molecule has 0 radical (unpaired) electrons. The van der Waals surface area contributed by atoms with Crippen molar-refractivity contribution in [3.8, 4) is 23.0 Å². The highest BCUT2D eigenvalue weighted by Gasteiger charge is 2.07. The largest absolute Gasteiger partial charge is 0.206 e. The molecule has 4 aromatic carbocycles. The van der Waals surface area contributed by atoms with Crippen molar-refractivity contribution in [1.29, 1.82) is 0 Å². The average Bonchev–Trinajstić information content (AvgIpc) is 2.90. The van der Waals surface area contributed by atoms with Crippen molar-refractivity contribution in [1.82, 2.24) is 0 Å². The molecule has 4 rings (SSSR count). The highest BCUT2D eigenvalue weighted by molar-refractivity contribution is 5.85. The second-order valence-corrected chi connectivity index (χ2v) is 9.41. The topological polar surface area (TPSA) is 0 Å². The summed E-state index contributed by atoms with van der Waals surface area (Å²) in [7, 11) is 0. The fourth-order valence-corrected chi connectivity index (χ4v) is 4.49. The van der Waals surface area contributed by atoms with Crippen LogP contribution in [0.1, 0.15) is 74.6 Å². The third-order valence-electron chi connectivity index (χ3n) is 6.68. The van der Waals surface area contributed by atoms with E-state index in [2.05, 4.69) is 74.2 Å². The standard InChI is InChI=1S/C34H35F/c1-3-5-7-8-10-31-22-23-32-25-28(17-24-33(32)34(31)35)12-11-27-15-20-30(21-16-27)29-18-13-26(14-19-29)9-6-4-2/h13-25H,3-10H2,1-2H3. The van der Waals surface area contributed by atoms with E-state index in [1.54, 1.807) is 0 Å². The first kappa shape index (κ1) is 24.7. The first-order valence-electron chi connectivity index (χ1n) is 13.1. The van der Waals surface area contributed by atoms with Crippen molar-refractivity contribution in [3.63, 3.8) is 0 Å². The van der Waals surface area contributed by atoms with Crippen molar-refractivity contribution in [2.45, 2.75) is 65.2 Å². The Balaban J connectivity index is 1.44. The molecule has 0 N–H and O–H groups in total. The molecule has 0 aliphatic rings. The Hall–Kier alpha value is -3.37. The van der Waals surface area contributed by atoms with Crippen LogP contribution in [0.3, 0.4) is 0 Å². The molecule has 0 saturated heterocycles. The first-order valence-corrected chi connectivity index (χ1v) is 13.1. The Bertz CT molecular complexity index is 1300. The van der Waals surface area contributed by atoms with Crippen molar-refractivity contribution >= 4 is 10.8 Å². The Labute approximate surface area is 210 Å². The number of aryl methyl sites for hydroxylation is 2. The minimum atomic E-state index is -0.0764. The lowest BCUT2D eigenvalue weighted by Gasteiger charge is -2.07. The molecule has 35 heavy (non-hydrogen) atoms. The highest BCUT2D eigenvalue weighted by Crippen LogP contribution is 2.24. The van der Waals surface area contributed by atoms with E-state index >= 15 is 0 Å². The van der Waals surface area contributed by atoms with Gasteiger partial charge in [-0.3, -0.25) is 0 Å². The Morgan fingerprint density at radius 2 is 1.26 bits per heavy atom. The van der Waals surface area contributed by atoms with Gasteiger partial charge in [0.05, 0.1) is 0 Å². The zero-order valence-electron chi connectivity index (χ0n) is 21.0. The van der Waals surface area contributed by atoms with Crippen LogP contribution < -0.4 is 0 Å². The Kier molecular flexibility index (Phi) is 8.74. The predicted octanol–water partition coefficient (Wildman–Crippen LogP) is 9.51. The third-order valence-corrected chi connectivity index (χ3v) is 6.68. The lowest BCUT2D eigenvalue weighted by molar-refractivity contribution is 0.603. The minimum Gasteiger partial charge on any atom is -0.206 e. The molecule has 0 nitrogen and oxygen atoms in total. The summed E-state index contributed by atoms with van der Waals surface area (Å²) in [4.78, 5) is 0. The van der Waals surface area contributed by atoms with Crippen molar-refractivity contribution in [2.75, 3.05) is 0 Å². The maximum Gasteiger partial charge on any atom is 0.134 e. The van der Waals surface area contributed by atoms with E-state index < -0.39 is 0 Å². The zero-order chi connectivity index (χ0) is 24.5. The number of rotatable bonds is 9. The van der Waals surface area contributed by atoms with Gasteiger partial charge in [-0.05, 0) is 77.6 Å². The van der Waals surface area contributed by atoms with Crippen LogP contribution in [0.25, 0.3) is 21.9 Å². The minimum absolute atomic E-state index is 0.0764. The van der Waals surface area contributed by atoms with E-state index in [9.17, 15) is 4.39 Å². The van der Waals surface area contributed by atoms with Crippen molar-refractivity contribution < 1.29 is 4.39 Å². The van der Waals surface area contributed by atoms with Gasteiger partial charge in [0, 0.05) is 16.5 Å². The van der Waals surface area contributed by atoms with Crippen LogP contribution in [0.15, 0.2) is 78.9 Å². The maximum atomic E-state index is 15.0. The summed E-state index contributed by atoms with van der Waals surface area (Å²) in [6, 6.07) is 27.0. The molecule has 0 saturated carbocycles. The first-order chi connectivity index (χ1) is 17.2. The molecule has 0 unspecified atom stereocenters. The smallest absolute Gasteiger partial charge is 0.134 e. The van der Waals surface area contributed by atoms with Gasteiger partial charge >= 0.3 is 0 Å². The molecule has 0 aromatic heterocycles. The summed E-state index contributed by atoms with van der Waals surface area (Å²) < 4.78 is 15.0. The van der Waals surface area contributed by atoms with Gasteiger partial charge in [0.1, 0.15) is 5.82 Å². The van der Waals surface area contributed by atoms with Gasteiger partial charge in [-0.25, -0.2) is 4.39 Å². The van der Waals surface area contributed by atoms with Gasteiger partial charge in [0.25, 0.3) is 0 Å². The molecule has 0 aliphatic carbocycles. The number of hydrogen-bond donors (Lipinski definition) is 0. The molecule has 0 aliphatic heterocycles. The fourth-order valence-electron chi connectivity index (χ4n) is 4.49. The van der Waals surface area contributed by atoms with Crippen molar-refractivity contribution in [3.05, 3.63) is 107 Å². The van der Waals surface area contributed by atoms with E-state index in [4.69, 9.17) is 0 Å². The monoisotopic (exact) mass is 462 g/mol. The summed E-state index contributed by atoms with van der Waals surface area (Å²) >= 11 is 0. The third kappa shape index (κ3) is 6.61. The number of halogens is 1. The molecule has 0 bridgehead atoms. The Morgan fingerprint density at radius 3 is 1.97 bits per heavy atom. The van der Waals surface area contributed by atoms with E-state index in [-0.39, 0.29) is 5.82 Å². The van der Waals surface area contributed by atoms with Gasteiger partial charge in [-0.15, -0.1) is 0 Å². The number of benzene rings is 4. The number of fused-ring (bicyclic) bond motifs is 1. The molecule has 0 heterocycles. The molecular formula is C34H35F. The normalized spacial score (nSPS) is 10.8. The van der Waals surface area contributed by atoms with Crippen LogP contribution in [0.4, 0.5) is 4.39 Å². The second-order valence-electron chi connectivity index (χ2n) is 9.41. The summed E-state index contributed by atoms with van der Waals surface area (Å²) in [6.07, 6.45) is 9.03. The molecular weight excluding hydrogens is 427 g/mol. The van der Waals surface area contributed by atoms with Gasteiger partial charge in [0.2, 0.25) is 0 Å². The summed E-state index contributed by atoms with van der Waals surface area (Å²) in [5, 5.41) is 1.60. The van der Waals surface area contributed by atoms with Crippen LogP contribution in [0.2, 0.25) is 0 Å². The van der Waals surface area contributed by atoms with Crippen LogP contribution in [-0.4, -0.2) is 0 Å².